The van der Waals surface area contributed by atoms with Gasteiger partial charge in [-0.1, -0.05) is 25.2 Å². The van der Waals surface area contributed by atoms with Gasteiger partial charge in [-0.15, -0.1) is 0 Å². The first-order valence-corrected chi connectivity index (χ1v) is 7.59. The Hall–Kier alpha value is -1.34. The van der Waals surface area contributed by atoms with Crippen LogP contribution in [0.25, 0.3) is 0 Å². The van der Waals surface area contributed by atoms with Crippen LogP contribution >= 0.6 is 11.3 Å². The zero-order valence-corrected chi connectivity index (χ0v) is 13.4. The number of hydrogen-bond donors (Lipinski definition) is 2. The second kappa shape index (κ2) is 8.06. The van der Waals surface area contributed by atoms with Gasteiger partial charge in [-0.05, 0) is 12.8 Å². The zero-order valence-electron chi connectivity index (χ0n) is 12.6. The molecular weight excluding hydrogens is 276 g/mol. The number of thiazole rings is 1. The molecule has 114 valence electrons. The van der Waals surface area contributed by atoms with Gasteiger partial charge in [0, 0.05) is 26.7 Å². The van der Waals surface area contributed by atoms with Crippen LogP contribution in [0.2, 0.25) is 0 Å². The maximum absolute atomic E-state index is 12.4. The van der Waals surface area contributed by atoms with Gasteiger partial charge >= 0.3 is 0 Å². The van der Waals surface area contributed by atoms with E-state index in [9.17, 15) is 4.79 Å². The summed E-state index contributed by atoms with van der Waals surface area (Å²) >= 11 is 1.29. The van der Waals surface area contributed by atoms with Crippen LogP contribution in [0.4, 0.5) is 10.9 Å². The number of carbonyl (C=O) groups excluding carboxylic acids is 1. The highest BCUT2D eigenvalue weighted by Gasteiger charge is 2.21. The highest BCUT2D eigenvalue weighted by Crippen LogP contribution is 2.26. The van der Waals surface area contributed by atoms with E-state index in [1.165, 1.54) is 11.3 Å². The largest absolute Gasteiger partial charge is 0.383 e. The summed E-state index contributed by atoms with van der Waals surface area (Å²) in [6.07, 6.45) is 0. The van der Waals surface area contributed by atoms with Gasteiger partial charge in [0.1, 0.15) is 10.7 Å². The number of rotatable bonds is 8. The molecule has 0 saturated heterocycles. The molecule has 1 aromatic rings. The molecule has 0 spiro atoms. The molecule has 0 saturated carbocycles. The van der Waals surface area contributed by atoms with Crippen LogP contribution in [0.15, 0.2) is 0 Å². The molecule has 0 radical (unpaired) electrons. The molecule has 0 unspecified atom stereocenters. The number of anilines is 2. The monoisotopic (exact) mass is 300 g/mol. The maximum Gasteiger partial charge on any atom is 0.267 e. The Morgan fingerprint density at radius 2 is 2.25 bits per heavy atom. The molecule has 1 rings (SSSR count). The van der Waals surface area contributed by atoms with Crippen molar-refractivity contribution in [1.29, 1.82) is 0 Å². The lowest BCUT2D eigenvalue weighted by molar-refractivity contribution is 0.0751. The molecule has 0 aliphatic carbocycles. The number of amides is 1. The number of nitrogens with one attached hydrogen (secondary N) is 1. The van der Waals surface area contributed by atoms with E-state index in [0.29, 0.717) is 41.4 Å². The summed E-state index contributed by atoms with van der Waals surface area (Å²) in [6.45, 7) is 8.75. The summed E-state index contributed by atoms with van der Waals surface area (Å²) < 4.78 is 4.96. The number of nitrogen functional groups attached to an aromatic ring is 1. The average Bonchev–Trinajstić information content (AvgIpc) is 2.76. The van der Waals surface area contributed by atoms with Gasteiger partial charge in [-0.3, -0.25) is 4.79 Å². The third-order valence-corrected chi connectivity index (χ3v) is 3.70. The van der Waals surface area contributed by atoms with Gasteiger partial charge < -0.3 is 20.7 Å². The molecule has 6 nitrogen and oxygen atoms in total. The van der Waals surface area contributed by atoms with Crippen molar-refractivity contribution in [3.8, 4) is 0 Å². The maximum atomic E-state index is 12.4. The molecule has 0 atom stereocenters. The molecule has 3 N–H and O–H groups in total. The molecule has 0 aliphatic rings. The summed E-state index contributed by atoms with van der Waals surface area (Å²) in [5.41, 5.74) is 5.85. The van der Waals surface area contributed by atoms with Gasteiger partial charge in [-0.2, -0.15) is 0 Å². The molecule has 0 aromatic carbocycles. The summed E-state index contributed by atoms with van der Waals surface area (Å²) in [5, 5.41) is 3.75. The van der Waals surface area contributed by atoms with Crippen LogP contribution < -0.4 is 11.1 Å². The van der Waals surface area contributed by atoms with E-state index in [-0.39, 0.29) is 5.91 Å². The Bertz CT molecular complexity index is 434. The number of nitrogens with zero attached hydrogens (tertiary/aromatic N) is 2. The minimum atomic E-state index is -0.0454. The standard InChI is InChI=1S/C13H24N4O2S/c1-5-17(8-9(2)3)12(18)10-11(14)16-13(20-10)15-6-7-19-4/h9H,5-8,14H2,1-4H3,(H,15,16). The summed E-state index contributed by atoms with van der Waals surface area (Å²) in [7, 11) is 1.64. The highest BCUT2D eigenvalue weighted by atomic mass is 32.1. The van der Waals surface area contributed by atoms with Crippen LogP contribution in [0.5, 0.6) is 0 Å². The SMILES string of the molecule is CCN(CC(C)C)C(=O)c1sc(NCCOC)nc1N. The summed E-state index contributed by atoms with van der Waals surface area (Å²) in [4.78, 5) is 18.9. The molecular formula is C13H24N4O2S. The van der Waals surface area contributed by atoms with E-state index in [1.807, 2.05) is 6.92 Å². The third-order valence-electron chi connectivity index (χ3n) is 2.68. The van der Waals surface area contributed by atoms with Crippen LogP contribution in [-0.2, 0) is 4.74 Å². The molecule has 0 aliphatic heterocycles. The van der Waals surface area contributed by atoms with Crippen molar-refractivity contribution in [2.24, 2.45) is 5.92 Å². The minimum absolute atomic E-state index is 0.0454. The van der Waals surface area contributed by atoms with Crippen molar-refractivity contribution in [2.45, 2.75) is 20.8 Å². The van der Waals surface area contributed by atoms with Crippen molar-refractivity contribution in [2.75, 3.05) is 44.4 Å². The van der Waals surface area contributed by atoms with Crippen molar-refractivity contribution < 1.29 is 9.53 Å². The fourth-order valence-corrected chi connectivity index (χ4v) is 2.64. The van der Waals surface area contributed by atoms with Gasteiger partial charge in [0.2, 0.25) is 0 Å². The van der Waals surface area contributed by atoms with Crippen LogP contribution in [0.1, 0.15) is 30.4 Å². The van der Waals surface area contributed by atoms with Gasteiger partial charge in [-0.25, -0.2) is 4.98 Å². The minimum Gasteiger partial charge on any atom is -0.383 e. The van der Waals surface area contributed by atoms with E-state index in [4.69, 9.17) is 10.5 Å². The molecule has 1 heterocycles. The van der Waals surface area contributed by atoms with Gasteiger partial charge in [0.05, 0.1) is 6.61 Å². The van der Waals surface area contributed by atoms with Crippen molar-refractivity contribution in [3.05, 3.63) is 4.88 Å². The molecule has 1 amide bonds. The first-order valence-electron chi connectivity index (χ1n) is 6.77. The Labute approximate surface area is 124 Å². The average molecular weight is 300 g/mol. The summed E-state index contributed by atoms with van der Waals surface area (Å²) in [6, 6.07) is 0. The number of hydrogen-bond acceptors (Lipinski definition) is 6. The van der Waals surface area contributed by atoms with Gasteiger partial charge in [0.25, 0.3) is 5.91 Å². The molecule has 20 heavy (non-hydrogen) atoms. The Morgan fingerprint density at radius 1 is 1.55 bits per heavy atom. The van der Waals surface area contributed by atoms with E-state index in [1.54, 1.807) is 12.0 Å². The number of methoxy groups -OCH3 is 1. The van der Waals surface area contributed by atoms with Crippen LogP contribution in [0, 0.1) is 5.92 Å². The van der Waals surface area contributed by atoms with E-state index in [2.05, 4.69) is 24.1 Å². The van der Waals surface area contributed by atoms with Crippen molar-refractivity contribution >= 4 is 28.2 Å². The lowest BCUT2D eigenvalue weighted by atomic mass is 10.2. The number of nitrogens with two attached hydrogens (primary N) is 1. The fourth-order valence-electron chi connectivity index (χ4n) is 1.76. The molecule has 1 aromatic heterocycles. The molecule has 7 heteroatoms. The lowest BCUT2D eigenvalue weighted by Crippen LogP contribution is -2.33. The first-order chi connectivity index (χ1) is 9.49. The molecule has 0 fully saturated rings. The highest BCUT2D eigenvalue weighted by molar-refractivity contribution is 7.18. The zero-order chi connectivity index (χ0) is 15.1. The second-order valence-corrected chi connectivity index (χ2v) is 5.89. The fraction of sp³-hybridized carbons (Fsp3) is 0.692. The number of aromatic nitrogens is 1. The van der Waals surface area contributed by atoms with Crippen molar-refractivity contribution in [3.63, 3.8) is 0 Å². The quantitative estimate of drug-likeness (QED) is 0.717. The van der Waals surface area contributed by atoms with Crippen LogP contribution in [-0.4, -0.2) is 49.1 Å². The van der Waals surface area contributed by atoms with E-state index >= 15 is 0 Å². The van der Waals surface area contributed by atoms with E-state index < -0.39 is 0 Å². The Kier molecular flexibility index (Phi) is 6.74. The van der Waals surface area contributed by atoms with Crippen LogP contribution in [0.3, 0.4) is 0 Å². The lowest BCUT2D eigenvalue weighted by Gasteiger charge is -2.22. The van der Waals surface area contributed by atoms with E-state index in [0.717, 1.165) is 6.54 Å². The number of carbonyl (C=O) groups is 1. The Morgan fingerprint density at radius 3 is 2.80 bits per heavy atom. The predicted octanol–water partition coefficient (Wildman–Crippen LogP) is 1.90. The summed E-state index contributed by atoms with van der Waals surface area (Å²) in [5.74, 6) is 0.672. The normalized spacial score (nSPS) is 10.8. The first kappa shape index (κ1) is 16.7. The Balaban J connectivity index is 2.76. The number of ether oxygens (including phenoxy) is 1. The topological polar surface area (TPSA) is 80.5 Å². The third kappa shape index (κ3) is 4.64. The van der Waals surface area contributed by atoms with Crippen molar-refractivity contribution in [1.82, 2.24) is 9.88 Å². The second-order valence-electron chi connectivity index (χ2n) is 4.89. The predicted molar refractivity (Wildman–Crippen MR) is 83.3 cm³/mol. The smallest absolute Gasteiger partial charge is 0.267 e. The molecule has 0 bridgehead atoms. The van der Waals surface area contributed by atoms with Gasteiger partial charge in [0.15, 0.2) is 5.13 Å².